The lowest BCUT2D eigenvalue weighted by atomic mass is 10.3. The average Bonchev–Trinajstić information content (AvgIpc) is 2.82. The van der Waals surface area contributed by atoms with Crippen LogP contribution in [0.15, 0.2) is 22.5 Å². The van der Waals surface area contributed by atoms with Crippen molar-refractivity contribution in [1.29, 1.82) is 0 Å². The van der Waals surface area contributed by atoms with Gasteiger partial charge in [0.25, 0.3) is 10.0 Å². The Balaban J connectivity index is 2.27. The van der Waals surface area contributed by atoms with Crippen molar-refractivity contribution >= 4 is 49.1 Å². The molecule has 1 amide bonds. The topological polar surface area (TPSA) is 128 Å². The molecule has 1 aromatic heterocycles. The van der Waals surface area contributed by atoms with Gasteiger partial charge in [0.15, 0.2) is 0 Å². The van der Waals surface area contributed by atoms with Crippen LogP contribution in [0.5, 0.6) is 0 Å². The van der Waals surface area contributed by atoms with E-state index in [2.05, 4.69) is 15.0 Å². The number of anilines is 1. The minimum atomic E-state index is -3.88. The number of hydrogen-bond acceptors (Lipinski definition) is 7. The van der Waals surface area contributed by atoms with Crippen LogP contribution in [0.2, 0.25) is 0 Å². The molecule has 0 atom stereocenters. The number of primary sulfonamides is 1. The highest BCUT2D eigenvalue weighted by molar-refractivity contribution is 7.91. The maximum Gasteiger partial charge on any atom is 0.397 e. The van der Waals surface area contributed by atoms with Gasteiger partial charge in [0.05, 0.1) is 16.8 Å². The Morgan fingerprint density at radius 3 is 2.76 bits per heavy atom. The SMILES string of the molecule is CCOC(=O)C(=O)Nc1ccc2nc(S(N)(=O)=O)sc2c1. The molecule has 21 heavy (non-hydrogen) atoms. The second kappa shape index (κ2) is 5.76. The van der Waals surface area contributed by atoms with Crippen molar-refractivity contribution in [3.8, 4) is 0 Å². The van der Waals surface area contributed by atoms with Crippen molar-refractivity contribution in [3.05, 3.63) is 18.2 Å². The van der Waals surface area contributed by atoms with E-state index in [0.717, 1.165) is 11.3 Å². The number of hydrogen-bond donors (Lipinski definition) is 2. The zero-order chi connectivity index (χ0) is 15.6. The number of nitrogens with two attached hydrogens (primary N) is 1. The number of fused-ring (bicyclic) bond motifs is 1. The molecule has 0 bridgehead atoms. The lowest BCUT2D eigenvalue weighted by molar-refractivity contribution is -0.152. The second-order valence-corrected chi connectivity index (χ2v) is 6.65. The number of carbonyl (C=O) groups is 2. The summed E-state index contributed by atoms with van der Waals surface area (Å²) in [5, 5.41) is 7.35. The molecule has 0 fully saturated rings. The van der Waals surface area contributed by atoms with Gasteiger partial charge in [-0.1, -0.05) is 0 Å². The average molecular weight is 329 g/mol. The van der Waals surface area contributed by atoms with Gasteiger partial charge in [-0.25, -0.2) is 23.3 Å². The lowest BCUT2D eigenvalue weighted by Crippen LogP contribution is -2.24. The van der Waals surface area contributed by atoms with Crippen LogP contribution < -0.4 is 10.5 Å². The first-order chi connectivity index (χ1) is 9.81. The lowest BCUT2D eigenvalue weighted by Gasteiger charge is -2.04. The summed E-state index contributed by atoms with van der Waals surface area (Å²) in [6.07, 6.45) is 0. The number of nitrogens with zero attached hydrogens (tertiary/aromatic N) is 1. The number of carbonyl (C=O) groups excluding carboxylic acids is 2. The summed E-state index contributed by atoms with van der Waals surface area (Å²) in [6, 6.07) is 4.51. The largest absolute Gasteiger partial charge is 0.459 e. The molecule has 112 valence electrons. The molecule has 0 aliphatic heterocycles. The number of aromatic nitrogens is 1. The number of esters is 1. The Morgan fingerprint density at radius 1 is 1.43 bits per heavy atom. The van der Waals surface area contributed by atoms with Crippen molar-refractivity contribution in [1.82, 2.24) is 4.98 Å². The normalized spacial score (nSPS) is 11.3. The molecule has 1 heterocycles. The van der Waals surface area contributed by atoms with Crippen LogP contribution >= 0.6 is 11.3 Å². The van der Waals surface area contributed by atoms with Crippen LogP contribution in [0.25, 0.3) is 10.2 Å². The molecule has 3 N–H and O–H groups in total. The first-order valence-corrected chi connectivity index (χ1v) is 8.09. The minimum absolute atomic E-state index is 0.0951. The van der Waals surface area contributed by atoms with E-state index in [9.17, 15) is 18.0 Å². The van der Waals surface area contributed by atoms with E-state index in [1.807, 2.05) is 0 Å². The summed E-state index contributed by atoms with van der Waals surface area (Å²) >= 11 is 0.873. The maximum atomic E-state index is 11.5. The van der Waals surface area contributed by atoms with Gasteiger partial charge in [0.1, 0.15) is 0 Å². The molecule has 2 rings (SSSR count). The first-order valence-electron chi connectivity index (χ1n) is 5.72. The molecule has 8 nitrogen and oxygen atoms in total. The highest BCUT2D eigenvalue weighted by Gasteiger charge is 2.17. The molecule has 2 aromatic rings. The van der Waals surface area contributed by atoms with Crippen molar-refractivity contribution in [3.63, 3.8) is 0 Å². The smallest absolute Gasteiger partial charge is 0.397 e. The summed E-state index contributed by atoms with van der Waals surface area (Å²) in [4.78, 5) is 26.6. The Morgan fingerprint density at radius 2 is 2.14 bits per heavy atom. The number of amides is 1. The van der Waals surface area contributed by atoms with E-state index >= 15 is 0 Å². The summed E-state index contributed by atoms with van der Waals surface area (Å²) in [7, 11) is -3.88. The predicted molar refractivity (Wildman–Crippen MR) is 76.3 cm³/mol. The Bertz CT molecular complexity index is 812. The fraction of sp³-hybridized carbons (Fsp3) is 0.182. The van der Waals surface area contributed by atoms with Crippen molar-refractivity contribution in [2.75, 3.05) is 11.9 Å². The zero-order valence-electron chi connectivity index (χ0n) is 10.8. The van der Waals surface area contributed by atoms with Gasteiger partial charge >= 0.3 is 11.9 Å². The van der Waals surface area contributed by atoms with Gasteiger partial charge in [-0.3, -0.25) is 4.79 Å². The van der Waals surface area contributed by atoms with Crippen molar-refractivity contribution in [2.24, 2.45) is 5.14 Å². The summed E-state index contributed by atoms with van der Waals surface area (Å²) in [6.45, 7) is 1.68. The van der Waals surface area contributed by atoms with Crippen molar-refractivity contribution < 1.29 is 22.7 Å². The van der Waals surface area contributed by atoms with E-state index < -0.39 is 21.9 Å². The molecular weight excluding hydrogens is 318 g/mol. The number of thiazole rings is 1. The molecule has 0 aliphatic carbocycles. The monoisotopic (exact) mass is 329 g/mol. The summed E-state index contributed by atoms with van der Waals surface area (Å²) in [5.74, 6) is -1.90. The number of nitrogens with one attached hydrogen (secondary N) is 1. The number of benzene rings is 1. The van der Waals surface area contributed by atoms with Gasteiger partial charge < -0.3 is 10.1 Å². The third-order valence-corrected chi connectivity index (χ3v) is 4.67. The van der Waals surface area contributed by atoms with Gasteiger partial charge in [-0.05, 0) is 25.1 Å². The van der Waals surface area contributed by atoms with Gasteiger partial charge in [-0.2, -0.15) is 0 Å². The van der Waals surface area contributed by atoms with Crippen LogP contribution in [0, 0.1) is 0 Å². The third-order valence-electron chi connectivity index (χ3n) is 2.33. The minimum Gasteiger partial charge on any atom is -0.459 e. The summed E-state index contributed by atoms with van der Waals surface area (Å²) < 4.78 is 27.3. The standard InChI is InChI=1S/C11H11N3O5S2/c1-2-19-10(16)9(15)13-6-3-4-7-8(5-6)20-11(14-7)21(12,17)18/h3-5H,2H2,1H3,(H,13,15)(H2,12,17,18). The van der Waals surface area contributed by atoms with E-state index in [4.69, 9.17) is 5.14 Å². The van der Waals surface area contributed by atoms with Crippen LogP contribution in [0.1, 0.15) is 6.92 Å². The number of ether oxygens (including phenoxy) is 1. The molecule has 0 aliphatic rings. The maximum absolute atomic E-state index is 11.5. The molecule has 10 heteroatoms. The Kier molecular flexibility index (Phi) is 4.21. The molecule has 0 saturated heterocycles. The van der Waals surface area contributed by atoms with E-state index in [-0.39, 0.29) is 10.9 Å². The van der Waals surface area contributed by atoms with Gasteiger partial charge in [0.2, 0.25) is 4.34 Å². The first kappa shape index (κ1) is 15.4. The van der Waals surface area contributed by atoms with Gasteiger partial charge in [0, 0.05) is 5.69 Å². The second-order valence-electron chi connectivity index (χ2n) is 3.88. The fourth-order valence-electron chi connectivity index (χ4n) is 1.48. The molecule has 0 saturated carbocycles. The van der Waals surface area contributed by atoms with Crippen LogP contribution in [-0.4, -0.2) is 31.9 Å². The van der Waals surface area contributed by atoms with Crippen LogP contribution in [0.4, 0.5) is 5.69 Å². The molecule has 0 radical (unpaired) electrons. The Hall–Kier alpha value is -2.04. The van der Waals surface area contributed by atoms with Crippen LogP contribution in [0.3, 0.4) is 0 Å². The van der Waals surface area contributed by atoms with E-state index in [0.29, 0.717) is 15.9 Å². The molecule has 0 spiro atoms. The number of rotatable bonds is 3. The van der Waals surface area contributed by atoms with Crippen molar-refractivity contribution in [2.45, 2.75) is 11.3 Å². The quantitative estimate of drug-likeness (QED) is 0.621. The Labute approximate surface area is 124 Å². The number of sulfonamides is 1. The fourth-order valence-corrected chi connectivity index (χ4v) is 3.18. The molecular formula is C11H11N3O5S2. The third kappa shape index (κ3) is 3.54. The summed E-state index contributed by atoms with van der Waals surface area (Å²) in [5.41, 5.74) is 0.753. The molecule has 1 aromatic carbocycles. The van der Waals surface area contributed by atoms with E-state index in [1.165, 1.54) is 18.2 Å². The van der Waals surface area contributed by atoms with Gasteiger partial charge in [-0.15, -0.1) is 11.3 Å². The predicted octanol–water partition coefficient (Wildman–Crippen LogP) is 0.445. The zero-order valence-corrected chi connectivity index (χ0v) is 12.5. The van der Waals surface area contributed by atoms with Crippen LogP contribution in [-0.2, 0) is 24.3 Å². The highest BCUT2D eigenvalue weighted by Crippen LogP contribution is 2.27. The van der Waals surface area contributed by atoms with E-state index in [1.54, 1.807) is 6.92 Å². The highest BCUT2D eigenvalue weighted by atomic mass is 32.2. The molecule has 0 unspecified atom stereocenters.